The molecule has 2 rings (SSSR count). The van der Waals surface area contributed by atoms with Crippen molar-refractivity contribution in [1.82, 2.24) is 4.98 Å². The molecule has 0 aliphatic carbocycles. The fourth-order valence-corrected chi connectivity index (χ4v) is 1.55. The minimum atomic E-state index is -1.18. The van der Waals surface area contributed by atoms with E-state index in [2.05, 4.69) is 10.3 Å². The maximum atomic E-state index is 11.9. The summed E-state index contributed by atoms with van der Waals surface area (Å²) < 4.78 is 0. The molecule has 1 aromatic carbocycles. The lowest BCUT2D eigenvalue weighted by atomic mass is 10.1. The van der Waals surface area contributed by atoms with E-state index in [1.54, 1.807) is 0 Å². The van der Waals surface area contributed by atoms with Gasteiger partial charge in [-0.3, -0.25) is 4.79 Å². The molecule has 0 aliphatic heterocycles. The number of hydrogen-bond acceptors (Lipinski definition) is 5. The number of anilines is 1. The molecular weight excluding hydrogens is 264 g/mol. The third kappa shape index (κ3) is 2.66. The highest BCUT2D eigenvalue weighted by Gasteiger charge is 2.16. The standard InChI is InChI=1S/C13H10N2O5/c16-9-2-1-3-10(17)11(9)12(18)15-7-4-5-8(13(19)20)14-6-7/h1-6,16-17H,(H,15,18)(H,19,20). The SMILES string of the molecule is O=C(O)c1ccc(NC(=O)c2c(O)cccc2O)cn1. The highest BCUT2D eigenvalue weighted by molar-refractivity contribution is 6.08. The number of amides is 1. The van der Waals surface area contributed by atoms with Crippen LogP contribution in [0.4, 0.5) is 5.69 Å². The van der Waals surface area contributed by atoms with Crippen molar-refractivity contribution in [1.29, 1.82) is 0 Å². The summed E-state index contributed by atoms with van der Waals surface area (Å²) in [5, 5.41) is 30.2. The zero-order valence-corrected chi connectivity index (χ0v) is 10.1. The van der Waals surface area contributed by atoms with E-state index in [-0.39, 0.29) is 28.4 Å². The largest absolute Gasteiger partial charge is 0.507 e. The van der Waals surface area contributed by atoms with Crippen molar-refractivity contribution in [3.63, 3.8) is 0 Å². The number of phenols is 2. The summed E-state index contributed by atoms with van der Waals surface area (Å²) in [7, 11) is 0. The molecule has 0 saturated carbocycles. The minimum Gasteiger partial charge on any atom is -0.507 e. The monoisotopic (exact) mass is 274 g/mol. The number of carboxylic acid groups (broad SMARTS) is 1. The smallest absolute Gasteiger partial charge is 0.354 e. The summed E-state index contributed by atoms with van der Waals surface area (Å²) in [4.78, 5) is 26.2. The van der Waals surface area contributed by atoms with Gasteiger partial charge in [0.05, 0.1) is 11.9 Å². The van der Waals surface area contributed by atoms with Crippen molar-refractivity contribution in [2.45, 2.75) is 0 Å². The Labute approximate surface area is 113 Å². The summed E-state index contributed by atoms with van der Waals surface area (Å²) in [5.41, 5.74) is -0.189. The number of aromatic nitrogens is 1. The minimum absolute atomic E-state index is 0.159. The number of benzene rings is 1. The van der Waals surface area contributed by atoms with Gasteiger partial charge in [-0.25, -0.2) is 9.78 Å². The number of aromatic hydroxyl groups is 2. The fraction of sp³-hybridized carbons (Fsp3) is 0. The Balaban J connectivity index is 2.21. The number of phenolic OH excluding ortho intramolecular Hbond substituents is 2. The molecule has 0 atom stereocenters. The number of nitrogens with zero attached hydrogens (tertiary/aromatic N) is 1. The Morgan fingerprint density at radius 2 is 1.70 bits per heavy atom. The number of hydrogen-bond donors (Lipinski definition) is 4. The lowest BCUT2D eigenvalue weighted by Crippen LogP contribution is -2.13. The van der Waals surface area contributed by atoms with E-state index >= 15 is 0 Å². The summed E-state index contributed by atoms with van der Waals surface area (Å²) in [6.07, 6.45) is 1.17. The Morgan fingerprint density at radius 3 is 2.20 bits per heavy atom. The predicted molar refractivity (Wildman–Crippen MR) is 68.9 cm³/mol. The van der Waals surface area contributed by atoms with Crippen LogP contribution in [-0.2, 0) is 0 Å². The van der Waals surface area contributed by atoms with Crippen LogP contribution in [0.3, 0.4) is 0 Å². The Hall–Kier alpha value is -3.09. The van der Waals surface area contributed by atoms with Gasteiger partial charge < -0.3 is 20.6 Å². The molecule has 1 amide bonds. The van der Waals surface area contributed by atoms with Crippen LogP contribution < -0.4 is 5.32 Å². The number of aromatic carboxylic acids is 1. The molecule has 7 nitrogen and oxygen atoms in total. The van der Waals surface area contributed by atoms with E-state index in [4.69, 9.17) is 5.11 Å². The topological polar surface area (TPSA) is 120 Å². The Bertz CT molecular complexity index is 647. The zero-order valence-electron chi connectivity index (χ0n) is 10.1. The maximum Gasteiger partial charge on any atom is 0.354 e. The highest BCUT2D eigenvalue weighted by atomic mass is 16.4. The zero-order chi connectivity index (χ0) is 14.7. The summed E-state index contributed by atoms with van der Waals surface area (Å²) >= 11 is 0. The summed E-state index contributed by atoms with van der Waals surface area (Å²) in [5.74, 6) is -2.64. The lowest BCUT2D eigenvalue weighted by molar-refractivity contribution is 0.0690. The van der Waals surface area contributed by atoms with E-state index in [1.165, 1.54) is 36.5 Å². The normalized spacial score (nSPS) is 10.0. The summed E-state index contributed by atoms with van der Waals surface area (Å²) in [6, 6.07) is 6.50. The fourth-order valence-electron chi connectivity index (χ4n) is 1.55. The maximum absolute atomic E-state index is 11.9. The average Bonchev–Trinajstić information content (AvgIpc) is 2.39. The summed E-state index contributed by atoms with van der Waals surface area (Å²) in [6.45, 7) is 0. The van der Waals surface area contributed by atoms with Crippen molar-refractivity contribution in [3.05, 3.63) is 47.8 Å². The third-order valence-corrected chi connectivity index (χ3v) is 2.49. The van der Waals surface area contributed by atoms with Gasteiger partial charge in [-0.15, -0.1) is 0 Å². The van der Waals surface area contributed by atoms with Crippen molar-refractivity contribution < 1.29 is 24.9 Å². The number of carboxylic acids is 1. The van der Waals surface area contributed by atoms with Crippen LogP contribution >= 0.6 is 0 Å². The van der Waals surface area contributed by atoms with Crippen LogP contribution in [0.1, 0.15) is 20.8 Å². The second-order valence-electron chi connectivity index (χ2n) is 3.86. The van der Waals surface area contributed by atoms with Crippen LogP contribution in [0.5, 0.6) is 11.5 Å². The van der Waals surface area contributed by atoms with Crippen molar-refractivity contribution in [3.8, 4) is 11.5 Å². The van der Waals surface area contributed by atoms with Gasteiger partial charge in [-0.05, 0) is 24.3 Å². The molecule has 20 heavy (non-hydrogen) atoms. The van der Waals surface area contributed by atoms with Gasteiger partial charge in [0.2, 0.25) is 0 Å². The molecule has 2 aromatic rings. The second-order valence-corrected chi connectivity index (χ2v) is 3.86. The van der Waals surface area contributed by atoms with Gasteiger partial charge in [0.25, 0.3) is 5.91 Å². The van der Waals surface area contributed by atoms with Crippen molar-refractivity contribution in [2.75, 3.05) is 5.32 Å². The van der Waals surface area contributed by atoms with Crippen LogP contribution in [0.15, 0.2) is 36.5 Å². The molecule has 0 aliphatic rings. The van der Waals surface area contributed by atoms with E-state index in [0.29, 0.717) is 0 Å². The lowest BCUT2D eigenvalue weighted by Gasteiger charge is -2.08. The molecule has 102 valence electrons. The highest BCUT2D eigenvalue weighted by Crippen LogP contribution is 2.26. The van der Waals surface area contributed by atoms with Crippen LogP contribution in [-0.4, -0.2) is 32.2 Å². The number of carbonyl (C=O) groups excluding carboxylic acids is 1. The molecule has 0 bridgehead atoms. The second kappa shape index (κ2) is 5.27. The third-order valence-electron chi connectivity index (χ3n) is 2.49. The first-order valence-electron chi connectivity index (χ1n) is 5.50. The first kappa shape index (κ1) is 13.3. The Kier molecular flexibility index (Phi) is 3.52. The molecule has 0 fully saturated rings. The molecule has 7 heteroatoms. The molecule has 0 radical (unpaired) electrons. The number of carbonyl (C=O) groups is 2. The predicted octanol–water partition coefficient (Wildman–Crippen LogP) is 1.44. The molecule has 1 aromatic heterocycles. The molecule has 0 spiro atoms. The van der Waals surface area contributed by atoms with E-state index in [9.17, 15) is 19.8 Å². The number of rotatable bonds is 3. The van der Waals surface area contributed by atoms with Gasteiger partial charge in [-0.2, -0.15) is 0 Å². The van der Waals surface area contributed by atoms with Gasteiger partial charge in [0.15, 0.2) is 0 Å². The van der Waals surface area contributed by atoms with E-state index in [0.717, 1.165) is 0 Å². The van der Waals surface area contributed by atoms with Crippen LogP contribution in [0.2, 0.25) is 0 Å². The van der Waals surface area contributed by atoms with Gasteiger partial charge in [0, 0.05) is 0 Å². The van der Waals surface area contributed by atoms with E-state index in [1.807, 2.05) is 0 Å². The van der Waals surface area contributed by atoms with E-state index < -0.39 is 11.9 Å². The van der Waals surface area contributed by atoms with Crippen LogP contribution in [0.25, 0.3) is 0 Å². The first-order valence-corrected chi connectivity index (χ1v) is 5.50. The molecule has 1 heterocycles. The van der Waals surface area contributed by atoms with Crippen molar-refractivity contribution in [2.24, 2.45) is 0 Å². The van der Waals surface area contributed by atoms with Gasteiger partial charge >= 0.3 is 5.97 Å². The quantitative estimate of drug-likeness (QED) is 0.672. The average molecular weight is 274 g/mol. The first-order chi connectivity index (χ1) is 9.49. The van der Waals surface area contributed by atoms with Gasteiger partial charge in [-0.1, -0.05) is 6.07 Å². The van der Waals surface area contributed by atoms with Crippen molar-refractivity contribution >= 4 is 17.6 Å². The Morgan fingerprint density at radius 1 is 1.05 bits per heavy atom. The number of pyridine rings is 1. The van der Waals surface area contributed by atoms with Gasteiger partial charge in [0.1, 0.15) is 22.8 Å². The molecule has 0 unspecified atom stereocenters. The molecule has 0 saturated heterocycles. The number of nitrogens with one attached hydrogen (secondary N) is 1. The molecule has 4 N–H and O–H groups in total. The van der Waals surface area contributed by atoms with Crippen LogP contribution in [0, 0.1) is 0 Å². The molecular formula is C13H10N2O5.